The van der Waals surface area contributed by atoms with E-state index in [9.17, 15) is 9.90 Å². The van der Waals surface area contributed by atoms with Gasteiger partial charge in [-0.05, 0) is 36.0 Å². The summed E-state index contributed by atoms with van der Waals surface area (Å²) in [5.74, 6) is 0.122. The van der Waals surface area contributed by atoms with Gasteiger partial charge in [0.15, 0.2) is 0 Å². The van der Waals surface area contributed by atoms with Gasteiger partial charge in [0.2, 0.25) is 0 Å². The molecular weight excluding hydrogens is 252 g/mol. The van der Waals surface area contributed by atoms with E-state index >= 15 is 0 Å². The van der Waals surface area contributed by atoms with Crippen LogP contribution in [-0.2, 0) is 10.2 Å². The summed E-state index contributed by atoms with van der Waals surface area (Å²) < 4.78 is 5.31. The molecule has 0 saturated heterocycles. The molecule has 0 heterocycles. The van der Waals surface area contributed by atoms with E-state index in [4.69, 9.17) is 16.3 Å². The highest BCUT2D eigenvalue weighted by molar-refractivity contribution is 6.32. The van der Waals surface area contributed by atoms with Crippen molar-refractivity contribution in [2.24, 2.45) is 0 Å². The lowest BCUT2D eigenvalue weighted by Crippen LogP contribution is -2.20. The molecule has 1 aromatic rings. The molecule has 1 N–H and O–H groups in total. The lowest BCUT2D eigenvalue weighted by molar-refractivity contribution is -0.140. The average Bonchev–Trinajstić information content (AvgIpc) is 3.08. The van der Waals surface area contributed by atoms with Crippen LogP contribution in [-0.4, -0.2) is 18.2 Å². The molecule has 1 aliphatic rings. The zero-order chi connectivity index (χ0) is 13.5. The van der Waals surface area contributed by atoms with Crippen LogP contribution in [0.15, 0.2) is 12.1 Å². The van der Waals surface area contributed by atoms with Crippen molar-refractivity contribution in [3.8, 4) is 5.75 Å². The normalized spacial score (nSPS) is 16.7. The Hall–Kier alpha value is -1.22. The molecule has 2 rings (SSSR count). The number of methoxy groups -OCH3 is 1. The van der Waals surface area contributed by atoms with E-state index in [1.165, 1.54) is 0 Å². The summed E-state index contributed by atoms with van der Waals surface area (Å²) in [5.41, 5.74) is 1.04. The van der Waals surface area contributed by atoms with Gasteiger partial charge in [-0.1, -0.05) is 31.5 Å². The van der Waals surface area contributed by atoms with E-state index in [0.29, 0.717) is 23.6 Å². The van der Waals surface area contributed by atoms with Gasteiger partial charge in [0, 0.05) is 0 Å². The van der Waals surface area contributed by atoms with Crippen LogP contribution in [0.1, 0.15) is 43.7 Å². The van der Waals surface area contributed by atoms with Gasteiger partial charge in [-0.3, -0.25) is 4.79 Å². The van der Waals surface area contributed by atoms with Crippen molar-refractivity contribution >= 4 is 17.6 Å². The number of aliphatic carboxylic acids is 1. The van der Waals surface area contributed by atoms with Crippen molar-refractivity contribution in [3.05, 3.63) is 28.3 Å². The summed E-state index contributed by atoms with van der Waals surface area (Å²) in [6.45, 7) is 4.08. The number of halogens is 1. The highest BCUT2D eigenvalue weighted by atomic mass is 35.5. The molecule has 18 heavy (non-hydrogen) atoms. The first-order chi connectivity index (χ1) is 8.42. The van der Waals surface area contributed by atoms with Crippen molar-refractivity contribution in [2.75, 3.05) is 7.11 Å². The summed E-state index contributed by atoms with van der Waals surface area (Å²) >= 11 is 6.20. The van der Waals surface area contributed by atoms with Crippen LogP contribution in [0.2, 0.25) is 5.02 Å². The van der Waals surface area contributed by atoms with Crippen molar-refractivity contribution < 1.29 is 14.6 Å². The number of carboxylic acid groups (broad SMARTS) is 1. The molecule has 1 aliphatic carbocycles. The lowest BCUT2D eigenvalue weighted by Gasteiger charge is -2.18. The van der Waals surface area contributed by atoms with Crippen molar-refractivity contribution in [1.29, 1.82) is 0 Å². The Kier molecular flexibility index (Phi) is 3.28. The van der Waals surface area contributed by atoms with Crippen LogP contribution >= 0.6 is 11.6 Å². The van der Waals surface area contributed by atoms with Crippen LogP contribution in [0.3, 0.4) is 0 Å². The van der Waals surface area contributed by atoms with Crippen molar-refractivity contribution in [3.63, 3.8) is 0 Å². The third-order valence-electron chi connectivity index (χ3n) is 3.61. The Morgan fingerprint density at radius 3 is 2.44 bits per heavy atom. The molecule has 0 atom stereocenters. The van der Waals surface area contributed by atoms with Gasteiger partial charge in [-0.25, -0.2) is 0 Å². The quantitative estimate of drug-likeness (QED) is 0.908. The molecule has 98 valence electrons. The highest BCUT2D eigenvalue weighted by Crippen LogP contribution is 2.51. The Labute approximate surface area is 112 Å². The number of carbonyl (C=O) groups is 1. The van der Waals surface area contributed by atoms with E-state index in [2.05, 4.69) is 0 Å². The van der Waals surface area contributed by atoms with Crippen molar-refractivity contribution in [1.82, 2.24) is 0 Å². The molecule has 0 amide bonds. The number of hydrogen-bond acceptors (Lipinski definition) is 2. The molecule has 0 unspecified atom stereocenters. The second-order valence-corrected chi connectivity index (χ2v) is 5.53. The van der Waals surface area contributed by atoms with E-state index in [-0.39, 0.29) is 5.92 Å². The Bertz CT molecular complexity index is 490. The van der Waals surface area contributed by atoms with E-state index in [1.807, 2.05) is 19.9 Å². The maximum atomic E-state index is 11.4. The monoisotopic (exact) mass is 268 g/mol. The first-order valence-electron chi connectivity index (χ1n) is 6.03. The molecule has 0 spiro atoms. The molecule has 0 bridgehead atoms. The lowest BCUT2D eigenvalue weighted by atomic mass is 9.91. The summed E-state index contributed by atoms with van der Waals surface area (Å²) in [7, 11) is 1.58. The van der Waals surface area contributed by atoms with Gasteiger partial charge >= 0.3 is 5.97 Å². The minimum absolute atomic E-state index is 0.238. The SMILES string of the molecule is COc1c(Cl)cc(C2(C(=O)O)CC2)cc1C(C)C. The standard InChI is InChI=1S/C14H17ClO3/c1-8(2)10-6-9(7-11(15)12(10)18-3)14(4-5-14)13(16)17/h6-8H,4-5H2,1-3H3,(H,16,17). The van der Waals surface area contributed by atoms with E-state index < -0.39 is 11.4 Å². The molecule has 4 heteroatoms. The number of rotatable bonds is 4. The van der Waals surface area contributed by atoms with Gasteiger partial charge in [-0.2, -0.15) is 0 Å². The largest absolute Gasteiger partial charge is 0.495 e. The molecule has 1 fully saturated rings. The molecule has 1 saturated carbocycles. The van der Waals surface area contributed by atoms with Gasteiger partial charge in [0.1, 0.15) is 5.75 Å². The van der Waals surface area contributed by atoms with Crippen LogP contribution in [0.5, 0.6) is 5.75 Å². The summed E-state index contributed by atoms with van der Waals surface area (Å²) in [5, 5.41) is 9.82. The second kappa shape index (κ2) is 4.47. The fraction of sp³-hybridized carbons (Fsp3) is 0.500. The number of benzene rings is 1. The topological polar surface area (TPSA) is 46.5 Å². The van der Waals surface area contributed by atoms with Crippen LogP contribution in [0.25, 0.3) is 0 Å². The zero-order valence-corrected chi connectivity index (χ0v) is 11.5. The maximum Gasteiger partial charge on any atom is 0.314 e. The highest BCUT2D eigenvalue weighted by Gasteiger charge is 2.52. The third-order valence-corrected chi connectivity index (χ3v) is 3.89. The van der Waals surface area contributed by atoms with Gasteiger partial charge < -0.3 is 9.84 Å². The van der Waals surface area contributed by atoms with E-state index in [1.54, 1.807) is 13.2 Å². The van der Waals surface area contributed by atoms with Crippen LogP contribution < -0.4 is 4.74 Å². The second-order valence-electron chi connectivity index (χ2n) is 5.12. The smallest absolute Gasteiger partial charge is 0.314 e. The Morgan fingerprint density at radius 1 is 1.44 bits per heavy atom. The summed E-state index contributed by atoms with van der Waals surface area (Å²) in [6, 6.07) is 3.66. The minimum atomic E-state index is -0.765. The van der Waals surface area contributed by atoms with Gasteiger partial charge in [0.05, 0.1) is 17.5 Å². The molecule has 1 aromatic carbocycles. The maximum absolute atomic E-state index is 11.4. The fourth-order valence-corrected chi connectivity index (χ4v) is 2.59. The molecule has 3 nitrogen and oxygen atoms in total. The number of carboxylic acids is 1. The number of ether oxygens (including phenoxy) is 1. The number of hydrogen-bond donors (Lipinski definition) is 1. The third kappa shape index (κ3) is 1.97. The first kappa shape index (κ1) is 13.2. The molecule has 0 radical (unpaired) electrons. The summed E-state index contributed by atoms with van der Waals surface area (Å²) in [4.78, 5) is 11.4. The van der Waals surface area contributed by atoms with Crippen LogP contribution in [0, 0.1) is 0 Å². The summed E-state index contributed by atoms with van der Waals surface area (Å²) in [6.07, 6.45) is 1.37. The minimum Gasteiger partial charge on any atom is -0.495 e. The fourth-order valence-electron chi connectivity index (χ4n) is 2.29. The molecule has 0 aliphatic heterocycles. The van der Waals surface area contributed by atoms with Gasteiger partial charge in [0.25, 0.3) is 0 Å². The molecule has 0 aromatic heterocycles. The van der Waals surface area contributed by atoms with Gasteiger partial charge in [-0.15, -0.1) is 0 Å². The predicted octanol–water partition coefficient (Wildman–Crippen LogP) is 3.59. The van der Waals surface area contributed by atoms with Crippen LogP contribution in [0.4, 0.5) is 0 Å². The zero-order valence-electron chi connectivity index (χ0n) is 10.8. The Balaban J connectivity index is 2.55. The Morgan fingerprint density at radius 2 is 2.06 bits per heavy atom. The van der Waals surface area contributed by atoms with Crippen molar-refractivity contribution in [2.45, 2.75) is 38.0 Å². The predicted molar refractivity (Wildman–Crippen MR) is 70.6 cm³/mol. The average molecular weight is 269 g/mol. The molecular formula is C14H17ClO3. The first-order valence-corrected chi connectivity index (χ1v) is 6.41. The van der Waals surface area contributed by atoms with E-state index in [0.717, 1.165) is 11.1 Å².